The number of halogens is 3. The molecule has 1 aromatic heterocycles. The highest BCUT2D eigenvalue weighted by Crippen LogP contribution is 2.25. The molecule has 0 saturated carbocycles. The first-order valence-electron chi connectivity index (χ1n) is 8.12. The van der Waals surface area contributed by atoms with E-state index in [9.17, 15) is 4.79 Å². The normalized spacial score (nSPS) is 10.8. The van der Waals surface area contributed by atoms with Crippen LogP contribution < -0.4 is 10.2 Å². The van der Waals surface area contributed by atoms with Gasteiger partial charge in [-0.3, -0.25) is 9.78 Å². The number of amides is 1. The molecule has 0 aliphatic carbocycles. The lowest BCUT2D eigenvalue weighted by Crippen LogP contribution is -2.17. The lowest BCUT2D eigenvalue weighted by Gasteiger charge is -2.11. The molecule has 0 aliphatic rings. The fraction of sp³-hybridized carbons (Fsp3) is 0.0500. The van der Waals surface area contributed by atoms with Gasteiger partial charge in [-0.15, -0.1) is 0 Å². The average molecular weight is 479 g/mol. The van der Waals surface area contributed by atoms with Gasteiger partial charge in [-0.25, -0.2) is 5.43 Å². The van der Waals surface area contributed by atoms with Crippen molar-refractivity contribution in [2.24, 2.45) is 5.10 Å². The van der Waals surface area contributed by atoms with Crippen LogP contribution in [-0.4, -0.2) is 17.1 Å². The number of nitrogens with one attached hydrogen (secondary N) is 1. The molecule has 142 valence electrons. The maximum atomic E-state index is 12.0. The first-order chi connectivity index (χ1) is 13.5. The number of pyridine rings is 1. The maximum absolute atomic E-state index is 12.0. The first kappa shape index (κ1) is 20.3. The van der Waals surface area contributed by atoms with E-state index < -0.39 is 0 Å². The monoisotopic (exact) mass is 477 g/mol. The topological polar surface area (TPSA) is 63.6 Å². The zero-order chi connectivity index (χ0) is 19.9. The standard InChI is InChI=1S/C20H14BrCl2N3O2/c21-16-2-4-19(28-12-14-1-3-17(22)10-18(14)23)15(9-16)11-25-26-20(27)13-5-7-24-8-6-13/h1-11H,12H2,(H,26,27)/b25-11+. The second-order valence-corrected chi connectivity index (χ2v) is 7.40. The molecule has 0 radical (unpaired) electrons. The summed E-state index contributed by atoms with van der Waals surface area (Å²) in [7, 11) is 0. The van der Waals surface area contributed by atoms with Crippen LogP contribution in [0.3, 0.4) is 0 Å². The zero-order valence-corrected chi connectivity index (χ0v) is 17.5. The van der Waals surface area contributed by atoms with E-state index in [4.69, 9.17) is 27.9 Å². The van der Waals surface area contributed by atoms with Crippen molar-refractivity contribution in [3.63, 3.8) is 0 Å². The van der Waals surface area contributed by atoms with E-state index in [0.29, 0.717) is 26.9 Å². The van der Waals surface area contributed by atoms with Crippen molar-refractivity contribution < 1.29 is 9.53 Å². The van der Waals surface area contributed by atoms with Crippen molar-refractivity contribution >= 4 is 51.3 Å². The van der Waals surface area contributed by atoms with Crippen LogP contribution >= 0.6 is 39.1 Å². The molecule has 8 heteroatoms. The Kier molecular flexibility index (Phi) is 7.03. The third-order valence-corrected chi connectivity index (χ3v) is 4.76. The van der Waals surface area contributed by atoms with Gasteiger partial charge in [-0.05, 0) is 42.5 Å². The van der Waals surface area contributed by atoms with Gasteiger partial charge in [0.05, 0.1) is 6.21 Å². The van der Waals surface area contributed by atoms with Gasteiger partial charge in [0.25, 0.3) is 5.91 Å². The quantitative estimate of drug-likeness (QED) is 0.376. The number of hydrogen-bond acceptors (Lipinski definition) is 4. The van der Waals surface area contributed by atoms with E-state index in [0.717, 1.165) is 10.0 Å². The summed E-state index contributed by atoms with van der Waals surface area (Å²) in [6.07, 6.45) is 4.60. The van der Waals surface area contributed by atoms with Gasteiger partial charge in [0.1, 0.15) is 12.4 Å². The summed E-state index contributed by atoms with van der Waals surface area (Å²) >= 11 is 15.5. The molecule has 0 fully saturated rings. The molecule has 1 N–H and O–H groups in total. The van der Waals surface area contributed by atoms with Crippen molar-refractivity contribution in [1.29, 1.82) is 0 Å². The van der Waals surface area contributed by atoms with Crippen LogP contribution in [0.5, 0.6) is 5.75 Å². The summed E-state index contributed by atoms with van der Waals surface area (Å²) in [5, 5.41) is 5.11. The fourth-order valence-corrected chi connectivity index (χ4v) is 3.12. The first-order valence-corrected chi connectivity index (χ1v) is 9.67. The highest BCUT2D eigenvalue weighted by atomic mass is 79.9. The van der Waals surface area contributed by atoms with Crippen LogP contribution in [0.15, 0.2) is 70.5 Å². The molecule has 0 unspecified atom stereocenters. The van der Waals surface area contributed by atoms with E-state index in [1.807, 2.05) is 18.2 Å². The molecule has 1 amide bonds. The number of carbonyl (C=O) groups is 1. The second kappa shape index (κ2) is 9.68. The van der Waals surface area contributed by atoms with Gasteiger partial charge >= 0.3 is 0 Å². The number of rotatable bonds is 6. The Morgan fingerprint density at radius 1 is 1.14 bits per heavy atom. The summed E-state index contributed by atoms with van der Waals surface area (Å²) in [5.41, 5.74) is 4.44. The summed E-state index contributed by atoms with van der Waals surface area (Å²) in [5.74, 6) is 0.264. The SMILES string of the molecule is O=C(N/N=C/c1cc(Br)ccc1OCc1ccc(Cl)cc1Cl)c1ccncc1. The summed E-state index contributed by atoms with van der Waals surface area (Å²) in [6.45, 7) is 0.266. The number of carbonyl (C=O) groups excluding carboxylic acids is 1. The van der Waals surface area contributed by atoms with Crippen molar-refractivity contribution in [2.75, 3.05) is 0 Å². The van der Waals surface area contributed by atoms with E-state index >= 15 is 0 Å². The minimum absolute atomic E-state index is 0.266. The predicted molar refractivity (Wildman–Crippen MR) is 114 cm³/mol. The summed E-state index contributed by atoms with van der Waals surface area (Å²) in [4.78, 5) is 15.9. The Hall–Kier alpha value is -2.41. The lowest BCUT2D eigenvalue weighted by atomic mass is 10.2. The number of aromatic nitrogens is 1. The molecule has 3 rings (SSSR count). The van der Waals surface area contributed by atoms with E-state index in [1.165, 1.54) is 6.21 Å². The van der Waals surface area contributed by atoms with Crippen LogP contribution in [0.2, 0.25) is 10.0 Å². The van der Waals surface area contributed by atoms with Crippen LogP contribution in [0, 0.1) is 0 Å². The smallest absolute Gasteiger partial charge is 0.271 e. The van der Waals surface area contributed by atoms with Gasteiger partial charge in [-0.1, -0.05) is 45.2 Å². The number of benzene rings is 2. The molecule has 0 bridgehead atoms. The Labute approximate surface area is 180 Å². The number of ether oxygens (including phenoxy) is 1. The van der Waals surface area contributed by atoms with Gasteiger partial charge in [0, 0.05) is 43.6 Å². The number of hydrazone groups is 1. The third kappa shape index (κ3) is 5.55. The average Bonchev–Trinajstić information content (AvgIpc) is 2.69. The second-order valence-electron chi connectivity index (χ2n) is 5.64. The molecule has 0 aliphatic heterocycles. The van der Waals surface area contributed by atoms with Crippen LogP contribution in [0.4, 0.5) is 0 Å². The van der Waals surface area contributed by atoms with Gasteiger partial charge in [-0.2, -0.15) is 5.10 Å². The fourth-order valence-electron chi connectivity index (χ4n) is 2.27. The Morgan fingerprint density at radius 3 is 2.68 bits per heavy atom. The minimum atomic E-state index is -0.330. The number of nitrogens with zero attached hydrogens (tertiary/aromatic N) is 2. The highest BCUT2D eigenvalue weighted by molar-refractivity contribution is 9.10. The Bertz CT molecular complexity index is 1010. The molecule has 2 aromatic carbocycles. The van der Waals surface area contributed by atoms with Gasteiger partial charge < -0.3 is 4.74 Å². The zero-order valence-electron chi connectivity index (χ0n) is 14.4. The van der Waals surface area contributed by atoms with Crippen molar-refractivity contribution in [3.8, 4) is 5.75 Å². The Balaban J connectivity index is 1.70. The van der Waals surface area contributed by atoms with Crippen molar-refractivity contribution in [3.05, 3.63) is 92.1 Å². The van der Waals surface area contributed by atoms with E-state index in [1.54, 1.807) is 42.7 Å². The largest absolute Gasteiger partial charge is 0.488 e. The molecular weight excluding hydrogens is 465 g/mol. The third-order valence-electron chi connectivity index (χ3n) is 3.68. The van der Waals surface area contributed by atoms with Crippen molar-refractivity contribution in [1.82, 2.24) is 10.4 Å². The predicted octanol–water partition coefficient (Wildman–Crippen LogP) is 5.49. The van der Waals surface area contributed by atoms with Gasteiger partial charge in [0.2, 0.25) is 0 Å². The molecule has 0 saturated heterocycles. The van der Waals surface area contributed by atoms with Crippen molar-refractivity contribution in [2.45, 2.75) is 6.61 Å². The van der Waals surface area contributed by atoms with Crippen LogP contribution in [0.1, 0.15) is 21.5 Å². The summed E-state index contributed by atoms with van der Waals surface area (Å²) in [6, 6.07) is 13.9. The lowest BCUT2D eigenvalue weighted by molar-refractivity contribution is 0.0955. The maximum Gasteiger partial charge on any atom is 0.271 e. The number of hydrogen-bond donors (Lipinski definition) is 1. The van der Waals surface area contributed by atoms with Gasteiger partial charge in [0.15, 0.2) is 0 Å². The molecular formula is C20H14BrCl2N3O2. The molecule has 0 spiro atoms. The Morgan fingerprint density at radius 2 is 1.93 bits per heavy atom. The molecule has 0 atom stereocenters. The highest BCUT2D eigenvalue weighted by Gasteiger charge is 2.07. The molecule has 3 aromatic rings. The minimum Gasteiger partial charge on any atom is -0.488 e. The molecule has 28 heavy (non-hydrogen) atoms. The molecule has 5 nitrogen and oxygen atoms in total. The van der Waals surface area contributed by atoms with Crippen LogP contribution in [0.25, 0.3) is 0 Å². The molecule has 1 heterocycles. The van der Waals surface area contributed by atoms with E-state index in [-0.39, 0.29) is 12.5 Å². The van der Waals surface area contributed by atoms with Crippen LogP contribution in [-0.2, 0) is 6.61 Å². The van der Waals surface area contributed by atoms with E-state index in [2.05, 4.69) is 31.4 Å². The summed E-state index contributed by atoms with van der Waals surface area (Å²) < 4.78 is 6.73.